The third-order valence-electron chi connectivity index (χ3n) is 6.03. The van der Waals surface area contributed by atoms with Crippen LogP contribution in [0.2, 0.25) is 0 Å². The highest BCUT2D eigenvalue weighted by Crippen LogP contribution is 2.41. The number of alkyl carbamates (subject to hydrolysis) is 1. The number of hydrogen-bond acceptors (Lipinski definition) is 5. The lowest BCUT2D eigenvalue weighted by molar-refractivity contribution is -0.144. The molecule has 1 aromatic carbocycles. The second-order valence-electron chi connectivity index (χ2n) is 12.0. The SMILES string of the molecule is CSCCC(NC(=O)OC(C)(C)C)C(=O)N(C(C(=O)NC(C)(C)C)c1cc(C)ccc1C)C1CC1C. The van der Waals surface area contributed by atoms with Crippen LogP contribution < -0.4 is 10.6 Å². The Morgan fingerprint density at radius 1 is 1.14 bits per heavy atom. The maximum absolute atomic E-state index is 14.2. The molecule has 4 unspecified atom stereocenters. The standard InChI is InChI=1S/C28H45N3O4S/c1-17-11-12-18(2)20(15-17)23(24(32)30-27(4,5)6)31(22-16-19(22)3)25(33)21(13-14-36-10)29-26(34)35-28(7,8)9/h11-12,15,19,21-23H,13-14,16H2,1-10H3,(H,29,34)(H,30,32). The number of carbonyl (C=O) groups excluding carboxylic acids is 3. The molecule has 1 fully saturated rings. The summed E-state index contributed by atoms with van der Waals surface area (Å²) in [6, 6.07) is 4.32. The number of benzene rings is 1. The predicted octanol–water partition coefficient (Wildman–Crippen LogP) is 5.14. The van der Waals surface area contributed by atoms with E-state index in [9.17, 15) is 14.4 Å². The highest BCUT2D eigenvalue weighted by atomic mass is 32.2. The van der Waals surface area contributed by atoms with Crippen LogP contribution in [0, 0.1) is 19.8 Å². The van der Waals surface area contributed by atoms with Crippen molar-refractivity contribution in [2.45, 2.75) is 104 Å². The molecule has 3 amide bonds. The molecule has 0 heterocycles. The molecular formula is C28H45N3O4S. The summed E-state index contributed by atoms with van der Waals surface area (Å²) in [6.07, 6.45) is 2.59. The van der Waals surface area contributed by atoms with Gasteiger partial charge in [-0.3, -0.25) is 9.59 Å². The molecule has 8 heteroatoms. The molecule has 0 saturated heterocycles. The van der Waals surface area contributed by atoms with Gasteiger partial charge >= 0.3 is 6.09 Å². The highest BCUT2D eigenvalue weighted by molar-refractivity contribution is 7.98. The van der Waals surface area contributed by atoms with Gasteiger partial charge in [-0.15, -0.1) is 0 Å². The van der Waals surface area contributed by atoms with Crippen molar-refractivity contribution in [2.24, 2.45) is 5.92 Å². The zero-order valence-corrected chi connectivity index (χ0v) is 24.5. The Bertz CT molecular complexity index is 951. The molecule has 1 saturated carbocycles. The monoisotopic (exact) mass is 519 g/mol. The average molecular weight is 520 g/mol. The van der Waals surface area contributed by atoms with Crippen LogP contribution in [0.1, 0.15) is 84.0 Å². The summed E-state index contributed by atoms with van der Waals surface area (Å²) < 4.78 is 5.46. The van der Waals surface area contributed by atoms with E-state index in [2.05, 4.69) is 17.6 Å². The lowest BCUT2D eigenvalue weighted by Gasteiger charge is -2.37. The molecule has 0 radical (unpaired) electrons. The number of rotatable bonds is 9. The second kappa shape index (κ2) is 11.9. The lowest BCUT2D eigenvalue weighted by Crippen LogP contribution is -2.55. The van der Waals surface area contributed by atoms with Crippen molar-refractivity contribution in [3.8, 4) is 0 Å². The van der Waals surface area contributed by atoms with Gasteiger partial charge in [-0.1, -0.05) is 30.7 Å². The maximum atomic E-state index is 14.2. The van der Waals surface area contributed by atoms with Crippen molar-refractivity contribution >= 4 is 29.7 Å². The molecule has 7 nitrogen and oxygen atoms in total. The summed E-state index contributed by atoms with van der Waals surface area (Å²) in [5.74, 6) is 0.485. The van der Waals surface area contributed by atoms with Gasteiger partial charge in [-0.05, 0) is 97.3 Å². The zero-order chi connectivity index (χ0) is 27.4. The van der Waals surface area contributed by atoms with Gasteiger partial charge in [-0.2, -0.15) is 11.8 Å². The zero-order valence-electron chi connectivity index (χ0n) is 23.7. The van der Waals surface area contributed by atoms with Crippen LogP contribution >= 0.6 is 11.8 Å². The Balaban J connectivity index is 2.55. The Morgan fingerprint density at radius 2 is 1.75 bits per heavy atom. The van der Waals surface area contributed by atoms with Crippen LogP contribution in [0.25, 0.3) is 0 Å². The summed E-state index contributed by atoms with van der Waals surface area (Å²) in [7, 11) is 0. The second-order valence-corrected chi connectivity index (χ2v) is 13.0. The molecule has 1 aliphatic carbocycles. The number of aryl methyl sites for hydroxylation is 2. The van der Waals surface area contributed by atoms with E-state index in [1.807, 2.05) is 59.1 Å². The van der Waals surface area contributed by atoms with Crippen LogP contribution in [-0.4, -0.2) is 58.0 Å². The van der Waals surface area contributed by atoms with Gasteiger partial charge in [0, 0.05) is 11.6 Å². The van der Waals surface area contributed by atoms with Crippen molar-refractivity contribution in [3.05, 3.63) is 34.9 Å². The molecule has 2 N–H and O–H groups in total. The molecule has 1 aliphatic rings. The first-order valence-corrected chi connectivity index (χ1v) is 14.1. The first-order valence-electron chi connectivity index (χ1n) is 12.7. The largest absolute Gasteiger partial charge is 0.444 e. The summed E-state index contributed by atoms with van der Waals surface area (Å²) in [4.78, 5) is 42.5. The van der Waals surface area contributed by atoms with Crippen molar-refractivity contribution < 1.29 is 19.1 Å². The Morgan fingerprint density at radius 3 is 2.25 bits per heavy atom. The number of carbonyl (C=O) groups is 3. The van der Waals surface area contributed by atoms with Gasteiger partial charge in [0.25, 0.3) is 0 Å². The molecule has 4 atom stereocenters. The summed E-state index contributed by atoms with van der Waals surface area (Å²) in [5, 5.41) is 5.91. The quantitative estimate of drug-likeness (QED) is 0.472. The Labute approximate surface area is 221 Å². The number of amides is 3. The molecular weight excluding hydrogens is 474 g/mol. The normalized spacial score (nSPS) is 19.2. The fourth-order valence-corrected chi connectivity index (χ4v) is 4.68. The summed E-state index contributed by atoms with van der Waals surface area (Å²) in [5.41, 5.74) is 1.62. The van der Waals surface area contributed by atoms with E-state index in [-0.39, 0.29) is 23.8 Å². The highest BCUT2D eigenvalue weighted by Gasteiger charge is 2.48. The van der Waals surface area contributed by atoms with E-state index in [1.165, 1.54) is 0 Å². The molecule has 1 aromatic rings. The van der Waals surface area contributed by atoms with Crippen molar-refractivity contribution in [3.63, 3.8) is 0 Å². The molecule has 0 spiro atoms. The van der Waals surface area contributed by atoms with Gasteiger partial charge in [-0.25, -0.2) is 4.79 Å². The van der Waals surface area contributed by atoms with E-state index in [1.54, 1.807) is 37.4 Å². The lowest BCUT2D eigenvalue weighted by atomic mass is 9.94. The third-order valence-corrected chi connectivity index (χ3v) is 6.68. The number of hydrogen-bond donors (Lipinski definition) is 2. The van der Waals surface area contributed by atoms with Crippen LogP contribution in [-0.2, 0) is 14.3 Å². The molecule has 36 heavy (non-hydrogen) atoms. The number of nitrogens with zero attached hydrogens (tertiary/aromatic N) is 1. The van der Waals surface area contributed by atoms with Gasteiger partial charge in [0.2, 0.25) is 11.8 Å². The third kappa shape index (κ3) is 8.71. The van der Waals surface area contributed by atoms with Crippen LogP contribution in [0.15, 0.2) is 18.2 Å². The van der Waals surface area contributed by atoms with E-state index >= 15 is 0 Å². The van der Waals surface area contributed by atoms with Crippen molar-refractivity contribution in [1.29, 1.82) is 0 Å². The summed E-state index contributed by atoms with van der Waals surface area (Å²) >= 11 is 1.61. The molecule has 202 valence electrons. The van der Waals surface area contributed by atoms with Crippen molar-refractivity contribution in [2.75, 3.05) is 12.0 Å². The van der Waals surface area contributed by atoms with Crippen LogP contribution in [0.4, 0.5) is 4.79 Å². The van der Waals surface area contributed by atoms with Gasteiger partial charge < -0.3 is 20.3 Å². The summed E-state index contributed by atoms with van der Waals surface area (Å²) in [6.45, 7) is 17.2. The van der Waals surface area contributed by atoms with E-state index in [0.29, 0.717) is 12.2 Å². The van der Waals surface area contributed by atoms with Gasteiger partial charge in [0.15, 0.2) is 0 Å². The van der Waals surface area contributed by atoms with Crippen LogP contribution in [0.5, 0.6) is 0 Å². The number of thioether (sulfide) groups is 1. The molecule has 0 aliphatic heterocycles. The number of ether oxygens (including phenoxy) is 1. The Hall–Kier alpha value is -2.22. The average Bonchev–Trinajstić information content (AvgIpc) is 3.43. The fraction of sp³-hybridized carbons (Fsp3) is 0.679. The minimum atomic E-state index is -0.802. The molecule has 2 rings (SSSR count). The van der Waals surface area contributed by atoms with Crippen LogP contribution in [0.3, 0.4) is 0 Å². The fourth-order valence-electron chi connectivity index (χ4n) is 4.20. The van der Waals surface area contributed by atoms with E-state index < -0.39 is 29.3 Å². The molecule has 0 bridgehead atoms. The minimum Gasteiger partial charge on any atom is -0.444 e. The van der Waals surface area contributed by atoms with Gasteiger partial charge in [0.05, 0.1) is 0 Å². The predicted molar refractivity (Wildman–Crippen MR) is 147 cm³/mol. The maximum Gasteiger partial charge on any atom is 0.408 e. The topological polar surface area (TPSA) is 87.7 Å². The first kappa shape index (κ1) is 30.0. The minimum absolute atomic E-state index is 0.0784. The van der Waals surface area contributed by atoms with E-state index in [0.717, 1.165) is 23.1 Å². The van der Waals surface area contributed by atoms with Crippen molar-refractivity contribution in [1.82, 2.24) is 15.5 Å². The molecule has 0 aromatic heterocycles. The first-order chi connectivity index (χ1) is 16.5. The van der Waals surface area contributed by atoms with E-state index in [4.69, 9.17) is 4.74 Å². The Kier molecular flexibility index (Phi) is 9.91. The smallest absolute Gasteiger partial charge is 0.408 e. The number of nitrogens with one attached hydrogen (secondary N) is 2. The van der Waals surface area contributed by atoms with Gasteiger partial charge in [0.1, 0.15) is 17.7 Å².